The first-order chi connectivity index (χ1) is 14.0. The fraction of sp³-hybridized carbons (Fsp3) is 0.316. The van der Waals surface area contributed by atoms with Crippen LogP contribution < -0.4 is 21.9 Å². The lowest BCUT2D eigenvalue weighted by atomic mass is 10.2. The number of amides is 1. The van der Waals surface area contributed by atoms with Gasteiger partial charge in [-0.3, -0.25) is 29.0 Å². The van der Waals surface area contributed by atoms with Gasteiger partial charge in [0, 0.05) is 37.1 Å². The molecule has 0 spiro atoms. The number of nitrogens with one attached hydrogen (secondary N) is 1. The number of H-pyrrole nitrogens is 1. The molecule has 10 heteroatoms. The zero-order valence-electron chi connectivity index (χ0n) is 16.2. The van der Waals surface area contributed by atoms with Crippen molar-refractivity contribution in [2.75, 3.05) is 17.2 Å². The molecule has 3 aromatic heterocycles. The van der Waals surface area contributed by atoms with Gasteiger partial charge in [0.25, 0.3) is 11.5 Å². The molecule has 3 heterocycles. The minimum atomic E-state index is -0.730. The van der Waals surface area contributed by atoms with Gasteiger partial charge in [-0.1, -0.05) is 18.5 Å². The second kappa shape index (κ2) is 8.55. The van der Waals surface area contributed by atoms with Gasteiger partial charge in [-0.25, -0.2) is 4.79 Å². The minimum Gasteiger partial charge on any atom is -0.383 e. The maximum Gasteiger partial charge on any atom is 0.330 e. The van der Waals surface area contributed by atoms with Crippen LogP contribution in [0.3, 0.4) is 0 Å². The van der Waals surface area contributed by atoms with Crippen LogP contribution in [-0.2, 0) is 6.54 Å². The predicted molar refractivity (Wildman–Crippen MR) is 108 cm³/mol. The van der Waals surface area contributed by atoms with Crippen molar-refractivity contribution in [2.24, 2.45) is 0 Å². The first-order valence-corrected chi connectivity index (χ1v) is 9.29. The Balaban J connectivity index is 2.00. The number of unbranched alkanes of at least 4 members (excludes halogenated alkanes) is 1. The molecule has 29 heavy (non-hydrogen) atoms. The van der Waals surface area contributed by atoms with E-state index < -0.39 is 17.2 Å². The lowest BCUT2D eigenvalue weighted by Gasteiger charge is -2.22. The first-order valence-electron chi connectivity index (χ1n) is 9.29. The molecule has 0 aliphatic heterocycles. The Hall–Kier alpha value is -3.69. The Labute approximate surface area is 166 Å². The van der Waals surface area contributed by atoms with Crippen molar-refractivity contribution in [3.63, 3.8) is 0 Å². The molecule has 3 rings (SSSR count). The summed E-state index contributed by atoms with van der Waals surface area (Å²) in [7, 11) is 0. The highest BCUT2D eigenvalue weighted by molar-refractivity contribution is 6.06. The third-order valence-corrected chi connectivity index (χ3v) is 4.46. The van der Waals surface area contributed by atoms with Crippen molar-refractivity contribution < 1.29 is 9.32 Å². The van der Waals surface area contributed by atoms with Crippen LogP contribution in [0.4, 0.5) is 11.5 Å². The summed E-state index contributed by atoms with van der Waals surface area (Å²) in [5.41, 5.74) is 5.36. The van der Waals surface area contributed by atoms with Crippen molar-refractivity contribution >= 4 is 17.4 Å². The fourth-order valence-electron chi connectivity index (χ4n) is 2.94. The van der Waals surface area contributed by atoms with Gasteiger partial charge in [0.15, 0.2) is 17.1 Å². The van der Waals surface area contributed by atoms with E-state index in [1.165, 1.54) is 15.5 Å². The largest absolute Gasteiger partial charge is 0.383 e. The SMILES string of the molecule is CCCCn1c(N)c(N(CC)C(=O)c2cc(-c3cccnc3)on2)c(=O)[nH]c1=O. The second-order valence-electron chi connectivity index (χ2n) is 6.37. The van der Waals surface area contributed by atoms with Gasteiger partial charge < -0.3 is 10.3 Å². The van der Waals surface area contributed by atoms with E-state index in [1.807, 2.05) is 6.92 Å². The molecule has 10 nitrogen and oxygen atoms in total. The van der Waals surface area contributed by atoms with Crippen LogP contribution in [0.2, 0.25) is 0 Å². The lowest BCUT2D eigenvalue weighted by Crippen LogP contribution is -2.41. The lowest BCUT2D eigenvalue weighted by molar-refractivity contribution is 0.0979. The highest BCUT2D eigenvalue weighted by atomic mass is 16.5. The summed E-state index contributed by atoms with van der Waals surface area (Å²) in [5, 5.41) is 3.82. The minimum absolute atomic E-state index is 0.0100. The van der Waals surface area contributed by atoms with Crippen molar-refractivity contribution in [3.05, 3.63) is 57.1 Å². The molecule has 0 bridgehead atoms. The molecule has 3 N–H and O–H groups in total. The van der Waals surface area contributed by atoms with Crippen LogP contribution in [0.1, 0.15) is 37.2 Å². The Morgan fingerprint density at radius 1 is 1.34 bits per heavy atom. The number of carbonyl (C=O) groups excluding carboxylic acids is 1. The van der Waals surface area contributed by atoms with E-state index in [2.05, 4.69) is 15.1 Å². The summed E-state index contributed by atoms with van der Waals surface area (Å²) < 4.78 is 6.51. The summed E-state index contributed by atoms with van der Waals surface area (Å²) in [6.45, 7) is 4.15. The van der Waals surface area contributed by atoms with Crippen LogP contribution in [0.15, 0.2) is 44.7 Å². The standard InChI is InChI=1S/C19H22N6O4/c1-3-5-9-25-16(20)15(17(26)22-19(25)28)24(4-2)18(27)13-10-14(29-23-13)12-7-6-8-21-11-12/h6-8,10-11H,3-5,9,20H2,1-2H3,(H,22,26,28). The predicted octanol–water partition coefficient (Wildman–Crippen LogP) is 1.64. The number of rotatable bonds is 7. The second-order valence-corrected chi connectivity index (χ2v) is 6.37. The van der Waals surface area contributed by atoms with Gasteiger partial charge in [-0.2, -0.15) is 0 Å². The number of nitrogen functional groups attached to an aromatic ring is 1. The monoisotopic (exact) mass is 398 g/mol. The van der Waals surface area contributed by atoms with E-state index >= 15 is 0 Å². The van der Waals surface area contributed by atoms with Crippen LogP contribution in [-0.4, -0.2) is 32.1 Å². The van der Waals surface area contributed by atoms with Gasteiger partial charge >= 0.3 is 5.69 Å². The molecule has 152 valence electrons. The number of pyridine rings is 1. The quantitative estimate of drug-likeness (QED) is 0.616. The van der Waals surface area contributed by atoms with Crippen LogP contribution in [0.5, 0.6) is 0 Å². The number of anilines is 2. The van der Waals surface area contributed by atoms with E-state index in [0.717, 1.165) is 6.42 Å². The summed E-state index contributed by atoms with van der Waals surface area (Å²) in [5.74, 6) is -0.255. The number of hydrogen-bond donors (Lipinski definition) is 2. The molecule has 0 aromatic carbocycles. The van der Waals surface area contributed by atoms with E-state index in [9.17, 15) is 14.4 Å². The van der Waals surface area contributed by atoms with Crippen molar-refractivity contribution in [1.29, 1.82) is 0 Å². The first kappa shape index (κ1) is 20.1. The molecule has 0 fully saturated rings. The average Bonchev–Trinajstić information content (AvgIpc) is 3.21. The Morgan fingerprint density at radius 3 is 2.79 bits per heavy atom. The molecule has 0 saturated carbocycles. The molecule has 0 atom stereocenters. The summed E-state index contributed by atoms with van der Waals surface area (Å²) >= 11 is 0. The van der Waals surface area contributed by atoms with Gasteiger partial charge in [-0.15, -0.1) is 0 Å². The van der Waals surface area contributed by atoms with Crippen LogP contribution in [0.25, 0.3) is 11.3 Å². The molecule has 3 aromatic rings. The maximum absolute atomic E-state index is 13.0. The number of hydrogen-bond acceptors (Lipinski definition) is 7. The number of nitrogens with two attached hydrogens (primary N) is 1. The van der Waals surface area contributed by atoms with E-state index in [0.29, 0.717) is 24.3 Å². The molecule has 0 aliphatic carbocycles. The van der Waals surface area contributed by atoms with E-state index in [-0.39, 0.29) is 23.7 Å². The summed E-state index contributed by atoms with van der Waals surface area (Å²) in [6, 6.07) is 4.97. The molecule has 1 amide bonds. The van der Waals surface area contributed by atoms with Crippen molar-refractivity contribution in [2.45, 2.75) is 33.2 Å². The summed E-state index contributed by atoms with van der Waals surface area (Å²) in [6.07, 6.45) is 4.74. The number of nitrogens with zero attached hydrogens (tertiary/aromatic N) is 4. The maximum atomic E-state index is 13.0. The summed E-state index contributed by atoms with van der Waals surface area (Å²) in [4.78, 5) is 45.0. The van der Waals surface area contributed by atoms with Crippen LogP contribution in [0, 0.1) is 0 Å². The number of carbonyl (C=O) groups is 1. The number of aromatic amines is 1. The van der Waals surface area contributed by atoms with E-state index in [4.69, 9.17) is 10.3 Å². The molecular formula is C19H22N6O4. The zero-order chi connectivity index (χ0) is 21.0. The molecular weight excluding hydrogens is 376 g/mol. The topological polar surface area (TPSA) is 140 Å². The van der Waals surface area contributed by atoms with Gasteiger partial charge in [0.1, 0.15) is 5.82 Å². The normalized spacial score (nSPS) is 10.8. The van der Waals surface area contributed by atoms with Crippen molar-refractivity contribution in [1.82, 2.24) is 19.7 Å². The van der Waals surface area contributed by atoms with Crippen LogP contribution >= 0.6 is 0 Å². The smallest absolute Gasteiger partial charge is 0.330 e. The Morgan fingerprint density at radius 2 is 2.14 bits per heavy atom. The Kier molecular flexibility index (Phi) is 5.91. The highest BCUT2D eigenvalue weighted by Gasteiger charge is 2.26. The third-order valence-electron chi connectivity index (χ3n) is 4.46. The molecule has 0 unspecified atom stereocenters. The molecule has 0 aliphatic rings. The Bertz CT molecular complexity index is 1120. The number of aromatic nitrogens is 4. The third kappa shape index (κ3) is 3.96. The molecule has 0 saturated heterocycles. The average molecular weight is 398 g/mol. The fourth-order valence-corrected chi connectivity index (χ4v) is 2.94. The highest BCUT2D eigenvalue weighted by Crippen LogP contribution is 2.23. The van der Waals surface area contributed by atoms with Crippen molar-refractivity contribution in [3.8, 4) is 11.3 Å². The molecule has 0 radical (unpaired) electrons. The van der Waals surface area contributed by atoms with Gasteiger partial charge in [0.05, 0.1) is 0 Å². The van der Waals surface area contributed by atoms with Gasteiger partial charge in [-0.05, 0) is 25.5 Å². The zero-order valence-corrected chi connectivity index (χ0v) is 16.2. The van der Waals surface area contributed by atoms with Gasteiger partial charge in [0.2, 0.25) is 0 Å². The van der Waals surface area contributed by atoms with E-state index in [1.54, 1.807) is 31.5 Å².